The van der Waals surface area contributed by atoms with Crippen LogP contribution in [-0.2, 0) is 6.42 Å². The van der Waals surface area contributed by atoms with E-state index in [4.69, 9.17) is 23.2 Å². The van der Waals surface area contributed by atoms with Crippen LogP contribution in [0.5, 0.6) is 0 Å². The van der Waals surface area contributed by atoms with Gasteiger partial charge in [-0.15, -0.1) is 0 Å². The molecule has 1 aliphatic rings. The summed E-state index contributed by atoms with van der Waals surface area (Å²) in [5.41, 5.74) is 3.99. The lowest BCUT2D eigenvalue weighted by molar-refractivity contribution is 0.594. The third kappa shape index (κ3) is 1.72. The highest BCUT2D eigenvalue weighted by Crippen LogP contribution is 2.36. The predicted octanol–water partition coefficient (Wildman–Crippen LogP) is 3.67. The summed E-state index contributed by atoms with van der Waals surface area (Å²) in [7, 11) is 0. The lowest BCUT2D eigenvalue weighted by Gasteiger charge is -2.14. The molecule has 0 spiro atoms. The lowest BCUT2D eigenvalue weighted by atomic mass is 10.1. The molecule has 1 atom stereocenters. The topological polar surface area (TPSA) is 43.6 Å². The first-order chi connectivity index (χ1) is 9.74. The lowest BCUT2D eigenvalue weighted by Crippen LogP contribution is -2.06. The van der Waals surface area contributed by atoms with E-state index < -0.39 is 0 Å². The number of benzene rings is 1. The molecule has 4 nitrogen and oxygen atoms in total. The molecule has 0 bridgehead atoms. The van der Waals surface area contributed by atoms with Crippen LogP contribution in [0.15, 0.2) is 30.6 Å². The minimum atomic E-state index is 0.125. The smallest absolute Gasteiger partial charge is 0.225 e. The van der Waals surface area contributed by atoms with E-state index in [-0.39, 0.29) is 11.3 Å². The van der Waals surface area contributed by atoms with Crippen molar-refractivity contribution in [3.63, 3.8) is 0 Å². The molecule has 2 heterocycles. The van der Waals surface area contributed by atoms with Crippen molar-refractivity contribution >= 4 is 34.4 Å². The molecule has 0 amide bonds. The van der Waals surface area contributed by atoms with Crippen molar-refractivity contribution < 1.29 is 0 Å². The van der Waals surface area contributed by atoms with Gasteiger partial charge in [0.15, 0.2) is 10.8 Å². The Bertz CT molecular complexity index is 812. The molecule has 4 rings (SSSR count). The van der Waals surface area contributed by atoms with Crippen LogP contribution in [0.3, 0.4) is 0 Å². The average molecular weight is 305 g/mol. The van der Waals surface area contributed by atoms with E-state index in [1.54, 1.807) is 6.33 Å². The number of imidazole rings is 1. The van der Waals surface area contributed by atoms with Crippen molar-refractivity contribution in [1.82, 2.24) is 19.5 Å². The van der Waals surface area contributed by atoms with Crippen molar-refractivity contribution in [1.29, 1.82) is 0 Å². The Balaban J connectivity index is 1.92. The number of hydrogen-bond donors (Lipinski definition) is 0. The number of nitrogens with zero attached hydrogens (tertiary/aromatic N) is 4. The summed E-state index contributed by atoms with van der Waals surface area (Å²) in [4.78, 5) is 12.4. The predicted molar refractivity (Wildman–Crippen MR) is 78.2 cm³/mol. The zero-order chi connectivity index (χ0) is 13.7. The molecule has 0 N–H and O–H groups in total. The largest absolute Gasteiger partial charge is 0.319 e. The van der Waals surface area contributed by atoms with Crippen LogP contribution in [-0.4, -0.2) is 19.5 Å². The molecule has 1 aromatic carbocycles. The van der Waals surface area contributed by atoms with E-state index >= 15 is 0 Å². The fourth-order valence-electron chi connectivity index (χ4n) is 2.94. The monoisotopic (exact) mass is 304 g/mol. The summed E-state index contributed by atoms with van der Waals surface area (Å²) in [5, 5.41) is 0.474. The van der Waals surface area contributed by atoms with E-state index in [0.29, 0.717) is 10.8 Å². The molecule has 2 aromatic heterocycles. The van der Waals surface area contributed by atoms with E-state index in [1.165, 1.54) is 11.1 Å². The maximum atomic E-state index is 6.22. The van der Waals surface area contributed by atoms with E-state index in [0.717, 1.165) is 18.4 Å². The number of rotatable bonds is 1. The average Bonchev–Trinajstić information content (AvgIpc) is 3.01. The van der Waals surface area contributed by atoms with Gasteiger partial charge in [0.05, 0.1) is 12.4 Å². The number of halogens is 2. The highest BCUT2D eigenvalue weighted by atomic mass is 35.5. The second-order valence-corrected chi connectivity index (χ2v) is 5.56. The Labute approximate surface area is 125 Å². The molecular weight excluding hydrogens is 295 g/mol. The summed E-state index contributed by atoms with van der Waals surface area (Å²) in [5.74, 6) is 0. The Morgan fingerprint density at radius 2 is 2.00 bits per heavy atom. The summed E-state index contributed by atoms with van der Waals surface area (Å²) < 4.78 is 2.06. The zero-order valence-corrected chi connectivity index (χ0v) is 11.9. The quantitative estimate of drug-likeness (QED) is 0.509. The SMILES string of the molecule is Clc1nc(Cl)c2c(ncn2C2CCc3ccccc32)n1. The summed E-state index contributed by atoms with van der Waals surface area (Å²) in [6.45, 7) is 0. The third-order valence-corrected chi connectivity index (χ3v) is 4.23. The number of fused-ring (bicyclic) bond motifs is 2. The standard InChI is InChI=1S/C14H10Cl2N4/c15-12-11-13(19-14(16)18-12)17-7-20(11)10-6-5-8-3-1-2-4-9(8)10/h1-4,7,10H,5-6H2. The minimum absolute atomic E-state index is 0.125. The maximum absolute atomic E-state index is 6.22. The van der Waals surface area contributed by atoms with Gasteiger partial charge in [-0.3, -0.25) is 0 Å². The van der Waals surface area contributed by atoms with Crippen LogP contribution >= 0.6 is 23.2 Å². The fourth-order valence-corrected chi connectivity index (χ4v) is 3.41. The molecule has 6 heteroatoms. The van der Waals surface area contributed by atoms with Gasteiger partial charge in [0, 0.05) is 0 Å². The van der Waals surface area contributed by atoms with Gasteiger partial charge in [0.25, 0.3) is 0 Å². The van der Waals surface area contributed by atoms with Crippen molar-refractivity contribution in [2.24, 2.45) is 0 Å². The Morgan fingerprint density at radius 1 is 1.15 bits per heavy atom. The van der Waals surface area contributed by atoms with Gasteiger partial charge in [-0.05, 0) is 35.6 Å². The van der Waals surface area contributed by atoms with Crippen molar-refractivity contribution in [3.8, 4) is 0 Å². The Morgan fingerprint density at radius 3 is 2.90 bits per heavy atom. The van der Waals surface area contributed by atoms with E-state index in [9.17, 15) is 0 Å². The molecule has 0 saturated heterocycles. The van der Waals surface area contributed by atoms with Crippen LogP contribution in [0.1, 0.15) is 23.6 Å². The van der Waals surface area contributed by atoms with E-state index in [2.05, 4.69) is 43.8 Å². The van der Waals surface area contributed by atoms with E-state index in [1.807, 2.05) is 0 Å². The third-order valence-electron chi connectivity index (χ3n) is 3.80. The summed E-state index contributed by atoms with van der Waals surface area (Å²) in [6, 6.07) is 8.69. The molecule has 100 valence electrons. The van der Waals surface area contributed by atoms with Gasteiger partial charge in [-0.25, -0.2) is 9.97 Å². The van der Waals surface area contributed by atoms with Crippen molar-refractivity contribution in [3.05, 3.63) is 52.2 Å². The van der Waals surface area contributed by atoms with Crippen molar-refractivity contribution in [2.75, 3.05) is 0 Å². The Kier molecular flexibility index (Phi) is 2.69. The molecule has 1 aliphatic carbocycles. The van der Waals surface area contributed by atoms with Gasteiger partial charge in [-0.2, -0.15) is 4.98 Å². The Hall–Kier alpha value is -1.65. The number of hydrogen-bond acceptors (Lipinski definition) is 3. The van der Waals surface area contributed by atoms with Gasteiger partial charge < -0.3 is 4.57 Å². The van der Waals surface area contributed by atoms with Gasteiger partial charge in [0.1, 0.15) is 5.52 Å². The van der Waals surface area contributed by atoms with Gasteiger partial charge in [0.2, 0.25) is 5.28 Å². The molecule has 1 unspecified atom stereocenters. The molecule has 0 aliphatic heterocycles. The normalized spacial score (nSPS) is 17.6. The fraction of sp³-hybridized carbons (Fsp3) is 0.214. The van der Waals surface area contributed by atoms with Crippen LogP contribution in [0, 0.1) is 0 Å². The highest BCUT2D eigenvalue weighted by Gasteiger charge is 2.26. The number of aromatic nitrogens is 4. The molecule has 0 radical (unpaired) electrons. The van der Waals surface area contributed by atoms with Crippen LogP contribution in [0.4, 0.5) is 0 Å². The van der Waals surface area contributed by atoms with Gasteiger partial charge in [-0.1, -0.05) is 35.9 Å². The van der Waals surface area contributed by atoms with Gasteiger partial charge >= 0.3 is 0 Å². The number of aryl methyl sites for hydroxylation is 1. The minimum Gasteiger partial charge on any atom is -0.319 e. The first-order valence-electron chi connectivity index (χ1n) is 6.37. The maximum Gasteiger partial charge on any atom is 0.225 e. The van der Waals surface area contributed by atoms with Crippen LogP contribution in [0.25, 0.3) is 11.2 Å². The first kappa shape index (κ1) is 12.1. The molecule has 3 aromatic rings. The first-order valence-corrected chi connectivity index (χ1v) is 7.13. The molecule has 20 heavy (non-hydrogen) atoms. The molecule has 0 fully saturated rings. The zero-order valence-electron chi connectivity index (χ0n) is 10.4. The summed E-state index contributed by atoms with van der Waals surface area (Å²) >= 11 is 12.0. The van der Waals surface area contributed by atoms with Crippen LogP contribution in [0.2, 0.25) is 10.4 Å². The second kappa shape index (κ2) is 4.43. The van der Waals surface area contributed by atoms with Crippen molar-refractivity contribution in [2.45, 2.75) is 18.9 Å². The summed E-state index contributed by atoms with van der Waals surface area (Å²) in [6.07, 6.45) is 3.87. The second-order valence-electron chi connectivity index (χ2n) is 4.86. The highest BCUT2D eigenvalue weighted by molar-refractivity contribution is 6.35. The molecule has 0 saturated carbocycles. The van der Waals surface area contributed by atoms with Crippen LogP contribution < -0.4 is 0 Å². The molecular formula is C14H10Cl2N4.